The number of nitrogens with zero attached hydrogens (tertiary/aromatic N) is 3. The van der Waals surface area contributed by atoms with E-state index in [0.29, 0.717) is 12.5 Å². The van der Waals surface area contributed by atoms with Crippen LogP contribution in [0.15, 0.2) is 22.6 Å². The third kappa shape index (κ3) is 2.25. The van der Waals surface area contributed by atoms with Crippen molar-refractivity contribution in [3.63, 3.8) is 0 Å². The lowest BCUT2D eigenvalue weighted by Crippen LogP contribution is -2.24. The van der Waals surface area contributed by atoms with Crippen molar-refractivity contribution in [2.45, 2.75) is 25.3 Å². The lowest BCUT2D eigenvalue weighted by Gasteiger charge is -2.10. The summed E-state index contributed by atoms with van der Waals surface area (Å²) in [5, 5.41) is 0.289. The van der Waals surface area contributed by atoms with Crippen molar-refractivity contribution in [2.24, 2.45) is 0 Å². The van der Waals surface area contributed by atoms with E-state index in [9.17, 15) is 4.79 Å². The Morgan fingerprint density at radius 2 is 2.35 bits per heavy atom. The minimum Gasteiger partial charge on any atom is -0.291 e. The van der Waals surface area contributed by atoms with Crippen LogP contribution in [0.2, 0.25) is 5.15 Å². The van der Waals surface area contributed by atoms with Gasteiger partial charge in [-0.25, -0.2) is 4.98 Å². The Balaban J connectivity index is 2.04. The van der Waals surface area contributed by atoms with Crippen LogP contribution in [0.1, 0.15) is 29.5 Å². The maximum Gasteiger partial charge on any atom is 0.255 e. The molecule has 1 saturated carbocycles. The van der Waals surface area contributed by atoms with Gasteiger partial charge in [0.1, 0.15) is 11.0 Å². The molecule has 1 aliphatic rings. The van der Waals surface area contributed by atoms with Crippen molar-refractivity contribution in [3.8, 4) is 0 Å². The first-order valence-corrected chi connectivity index (χ1v) is 6.64. The molecule has 0 amide bonds. The predicted octanol–water partition coefficient (Wildman–Crippen LogP) is 2.28. The smallest absolute Gasteiger partial charge is 0.255 e. The van der Waals surface area contributed by atoms with Gasteiger partial charge in [0.25, 0.3) is 5.56 Å². The fraction of sp³-hybridized carbons (Fsp3) is 0.364. The molecule has 17 heavy (non-hydrogen) atoms. The molecule has 0 N–H and O–H groups in total. The van der Waals surface area contributed by atoms with E-state index in [0.717, 1.165) is 23.5 Å². The summed E-state index contributed by atoms with van der Waals surface area (Å²) in [6.45, 7) is 0.541. The number of hydrogen-bond acceptors (Lipinski definition) is 4. The molecule has 0 spiro atoms. The molecule has 1 fully saturated rings. The molecule has 0 saturated heterocycles. The van der Waals surface area contributed by atoms with E-state index < -0.39 is 0 Å². The molecule has 0 aromatic carbocycles. The first kappa shape index (κ1) is 10.9. The van der Waals surface area contributed by atoms with Crippen molar-refractivity contribution in [1.82, 2.24) is 14.5 Å². The van der Waals surface area contributed by atoms with E-state index >= 15 is 0 Å². The van der Waals surface area contributed by atoms with Gasteiger partial charge in [-0.2, -0.15) is 0 Å². The summed E-state index contributed by atoms with van der Waals surface area (Å²) >= 11 is 7.38. The lowest BCUT2D eigenvalue weighted by atomic mass is 10.3. The van der Waals surface area contributed by atoms with Gasteiger partial charge in [-0.05, 0) is 12.8 Å². The van der Waals surface area contributed by atoms with Gasteiger partial charge in [0.05, 0.1) is 12.1 Å². The Kier molecular flexibility index (Phi) is 2.72. The quantitative estimate of drug-likeness (QED) is 0.802. The summed E-state index contributed by atoms with van der Waals surface area (Å²) in [4.78, 5) is 21.3. The first-order valence-electron chi connectivity index (χ1n) is 5.38. The van der Waals surface area contributed by atoms with E-state index in [-0.39, 0.29) is 10.7 Å². The van der Waals surface area contributed by atoms with Gasteiger partial charge in [0.15, 0.2) is 0 Å². The molecule has 0 bridgehead atoms. The zero-order chi connectivity index (χ0) is 11.8. The van der Waals surface area contributed by atoms with E-state index in [4.69, 9.17) is 11.6 Å². The van der Waals surface area contributed by atoms with Crippen LogP contribution >= 0.6 is 22.9 Å². The second-order valence-electron chi connectivity index (χ2n) is 4.10. The molecule has 0 atom stereocenters. The number of aromatic nitrogens is 3. The summed E-state index contributed by atoms with van der Waals surface area (Å²) in [6.07, 6.45) is 3.97. The highest BCUT2D eigenvalue weighted by molar-refractivity contribution is 7.09. The van der Waals surface area contributed by atoms with Gasteiger partial charge in [-0.1, -0.05) is 11.6 Å². The third-order valence-corrected chi connectivity index (χ3v) is 3.70. The monoisotopic (exact) mass is 267 g/mol. The van der Waals surface area contributed by atoms with Crippen molar-refractivity contribution >= 4 is 22.9 Å². The SMILES string of the molecule is O=c1cc(Cl)nc(C2CC2)n1Cc1cncs1. The van der Waals surface area contributed by atoms with E-state index in [1.54, 1.807) is 16.3 Å². The Morgan fingerprint density at radius 1 is 1.53 bits per heavy atom. The van der Waals surface area contributed by atoms with Crippen LogP contribution in [0.4, 0.5) is 0 Å². The number of hydrogen-bond donors (Lipinski definition) is 0. The molecular weight excluding hydrogens is 258 g/mol. The minimum absolute atomic E-state index is 0.0831. The van der Waals surface area contributed by atoms with E-state index in [1.165, 1.54) is 17.4 Å². The number of thiazole rings is 1. The van der Waals surface area contributed by atoms with Crippen LogP contribution in [0.3, 0.4) is 0 Å². The van der Waals surface area contributed by atoms with Crippen LogP contribution in [-0.2, 0) is 6.54 Å². The van der Waals surface area contributed by atoms with Crippen LogP contribution in [0.25, 0.3) is 0 Å². The van der Waals surface area contributed by atoms with E-state index in [1.807, 2.05) is 0 Å². The summed E-state index contributed by atoms with van der Waals surface area (Å²) in [6, 6.07) is 1.37. The van der Waals surface area contributed by atoms with Crippen molar-refractivity contribution < 1.29 is 0 Å². The zero-order valence-electron chi connectivity index (χ0n) is 8.97. The second kappa shape index (κ2) is 4.23. The average Bonchev–Trinajstić information content (AvgIpc) is 3.00. The highest BCUT2D eigenvalue weighted by Crippen LogP contribution is 2.38. The Morgan fingerprint density at radius 3 is 3.00 bits per heavy atom. The molecule has 88 valence electrons. The largest absolute Gasteiger partial charge is 0.291 e. The second-order valence-corrected chi connectivity index (χ2v) is 5.46. The fourth-order valence-corrected chi connectivity index (χ4v) is 2.55. The van der Waals surface area contributed by atoms with Crippen LogP contribution < -0.4 is 5.56 Å². The maximum absolute atomic E-state index is 11.9. The molecular formula is C11H10ClN3OS. The van der Waals surface area contributed by atoms with Gasteiger partial charge in [0, 0.05) is 23.1 Å². The van der Waals surface area contributed by atoms with Crippen molar-refractivity contribution in [2.75, 3.05) is 0 Å². The van der Waals surface area contributed by atoms with Crippen LogP contribution in [0, 0.1) is 0 Å². The normalized spacial score (nSPS) is 15.1. The molecule has 2 aromatic rings. The molecule has 3 rings (SSSR count). The van der Waals surface area contributed by atoms with E-state index in [2.05, 4.69) is 9.97 Å². The molecule has 1 aliphatic carbocycles. The first-order chi connectivity index (χ1) is 8.24. The topological polar surface area (TPSA) is 47.8 Å². The Labute approximate surface area is 107 Å². The van der Waals surface area contributed by atoms with Gasteiger partial charge in [-0.3, -0.25) is 14.3 Å². The minimum atomic E-state index is -0.0831. The van der Waals surface area contributed by atoms with Gasteiger partial charge in [0.2, 0.25) is 0 Å². The van der Waals surface area contributed by atoms with Crippen LogP contribution in [-0.4, -0.2) is 14.5 Å². The fourth-order valence-electron chi connectivity index (χ4n) is 1.78. The summed E-state index contributed by atoms with van der Waals surface area (Å²) in [5.41, 5.74) is 1.68. The molecule has 2 aromatic heterocycles. The number of rotatable bonds is 3. The summed E-state index contributed by atoms with van der Waals surface area (Å²) in [7, 11) is 0. The maximum atomic E-state index is 11.9. The highest BCUT2D eigenvalue weighted by atomic mass is 35.5. The molecule has 0 unspecified atom stereocenters. The van der Waals surface area contributed by atoms with Crippen molar-refractivity contribution in [1.29, 1.82) is 0 Å². The predicted molar refractivity (Wildman–Crippen MR) is 66.7 cm³/mol. The van der Waals surface area contributed by atoms with Gasteiger partial charge >= 0.3 is 0 Å². The molecule has 2 heterocycles. The van der Waals surface area contributed by atoms with Crippen LogP contribution in [0.5, 0.6) is 0 Å². The average molecular weight is 268 g/mol. The van der Waals surface area contributed by atoms with Crippen molar-refractivity contribution in [3.05, 3.63) is 44.0 Å². The molecule has 0 radical (unpaired) electrons. The summed E-state index contributed by atoms with van der Waals surface area (Å²) in [5.74, 6) is 1.21. The molecule has 4 nitrogen and oxygen atoms in total. The molecule has 0 aliphatic heterocycles. The number of halogens is 1. The Bertz CT molecular complexity index is 589. The van der Waals surface area contributed by atoms with Gasteiger partial charge in [-0.15, -0.1) is 11.3 Å². The summed E-state index contributed by atoms with van der Waals surface area (Å²) < 4.78 is 1.71. The highest BCUT2D eigenvalue weighted by Gasteiger charge is 2.29. The third-order valence-electron chi connectivity index (χ3n) is 2.75. The van der Waals surface area contributed by atoms with Gasteiger partial charge < -0.3 is 0 Å². The molecule has 6 heteroatoms. The lowest BCUT2D eigenvalue weighted by molar-refractivity contribution is 0.675. The Hall–Kier alpha value is -1.20. The zero-order valence-corrected chi connectivity index (χ0v) is 10.5. The standard InChI is InChI=1S/C11H10ClN3OS/c12-9-3-10(16)15(5-8-4-13-6-17-8)11(14-9)7-1-2-7/h3-4,6-7H,1-2,5H2.